The summed E-state index contributed by atoms with van der Waals surface area (Å²) in [5.74, 6) is -0.562. The fourth-order valence-corrected chi connectivity index (χ4v) is 3.17. The fraction of sp³-hybridized carbons (Fsp3) is 0.286. The highest BCUT2D eigenvalue weighted by molar-refractivity contribution is 7.91. The Balaban J connectivity index is 1.97. The molecule has 0 atom stereocenters. The molecule has 1 amide bonds. The van der Waals surface area contributed by atoms with Gasteiger partial charge in [0.05, 0.1) is 22.0 Å². The Hall–Kier alpha value is -2.15. The van der Waals surface area contributed by atoms with Gasteiger partial charge in [0.2, 0.25) is 5.91 Å². The highest BCUT2D eigenvalue weighted by Crippen LogP contribution is 2.14. The molecule has 0 spiro atoms. The Labute approximate surface area is 123 Å². The van der Waals surface area contributed by atoms with Crippen molar-refractivity contribution in [2.75, 3.05) is 11.1 Å². The van der Waals surface area contributed by atoms with Gasteiger partial charge in [-0.3, -0.25) is 9.48 Å². The Morgan fingerprint density at radius 1 is 1.29 bits per heavy atom. The zero-order chi connectivity index (χ0) is 15.5. The summed E-state index contributed by atoms with van der Waals surface area (Å²) in [6.45, 7) is 1.77. The number of hydrogen-bond donors (Lipinski definition) is 1. The Morgan fingerprint density at radius 3 is 2.52 bits per heavy atom. The molecule has 1 aromatic heterocycles. The number of anilines is 1. The number of carbonyl (C=O) groups is 1. The standard InChI is InChI=1S/C14H17N3O3S/c1-11-13(10-17(2)16-11)15-14(18)8-9-21(19,20)12-6-4-3-5-7-12/h3-7,10H,8-9H2,1-2H3,(H,15,18). The van der Waals surface area contributed by atoms with Gasteiger partial charge in [-0.25, -0.2) is 8.42 Å². The number of sulfone groups is 1. The van der Waals surface area contributed by atoms with Gasteiger partial charge >= 0.3 is 0 Å². The van der Waals surface area contributed by atoms with Crippen molar-refractivity contribution in [3.63, 3.8) is 0 Å². The van der Waals surface area contributed by atoms with Gasteiger partial charge in [0.1, 0.15) is 0 Å². The lowest BCUT2D eigenvalue weighted by molar-refractivity contribution is -0.115. The highest BCUT2D eigenvalue weighted by Gasteiger charge is 2.16. The summed E-state index contributed by atoms with van der Waals surface area (Å²) < 4.78 is 25.7. The van der Waals surface area contributed by atoms with Crippen LogP contribution in [0.25, 0.3) is 0 Å². The maximum absolute atomic E-state index is 12.1. The van der Waals surface area contributed by atoms with E-state index in [2.05, 4.69) is 10.4 Å². The first-order chi connectivity index (χ1) is 9.88. The van der Waals surface area contributed by atoms with E-state index in [1.54, 1.807) is 43.0 Å². The molecule has 0 radical (unpaired) electrons. The molecule has 112 valence electrons. The lowest BCUT2D eigenvalue weighted by Crippen LogP contribution is -2.17. The van der Waals surface area contributed by atoms with Crippen LogP contribution >= 0.6 is 0 Å². The molecule has 6 nitrogen and oxygen atoms in total. The van der Waals surface area contributed by atoms with E-state index in [-0.39, 0.29) is 23.0 Å². The zero-order valence-electron chi connectivity index (χ0n) is 11.9. The summed E-state index contributed by atoms with van der Waals surface area (Å²) in [4.78, 5) is 12.1. The number of aryl methyl sites for hydroxylation is 2. The molecule has 1 N–H and O–H groups in total. The molecule has 0 saturated heterocycles. The summed E-state index contributed by atoms with van der Waals surface area (Å²) in [5, 5.41) is 6.77. The average Bonchev–Trinajstić information content (AvgIpc) is 2.76. The van der Waals surface area contributed by atoms with Crippen LogP contribution in [0.4, 0.5) is 5.69 Å². The first-order valence-corrected chi connectivity index (χ1v) is 8.11. The van der Waals surface area contributed by atoms with Crippen LogP contribution in [0.1, 0.15) is 12.1 Å². The molecule has 1 aromatic carbocycles. The SMILES string of the molecule is Cc1nn(C)cc1NC(=O)CCS(=O)(=O)c1ccccc1. The monoisotopic (exact) mass is 307 g/mol. The minimum atomic E-state index is -3.43. The summed E-state index contributed by atoms with van der Waals surface area (Å²) in [5.41, 5.74) is 1.29. The van der Waals surface area contributed by atoms with Gasteiger partial charge in [-0.2, -0.15) is 5.10 Å². The molecule has 2 aromatic rings. The predicted molar refractivity (Wildman–Crippen MR) is 79.7 cm³/mol. The summed E-state index contributed by atoms with van der Waals surface area (Å²) in [6.07, 6.45) is 1.59. The average molecular weight is 307 g/mol. The third-order valence-corrected chi connectivity index (χ3v) is 4.72. The van der Waals surface area contributed by atoms with Crippen LogP contribution in [-0.2, 0) is 21.7 Å². The highest BCUT2D eigenvalue weighted by atomic mass is 32.2. The summed E-state index contributed by atoms with van der Waals surface area (Å²) >= 11 is 0. The zero-order valence-corrected chi connectivity index (χ0v) is 12.7. The van der Waals surface area contributed by atoms with Crippen LogP contribution in [0.5, 0.6) is 0 Å². The third-order valence-electron chi connectivity index (χ3n) is 2.99. The van der Waals surface area contributed by atoms with E-state index in [1.165, 1.54) is 12.1 Å². The number of carbonyl (C=O) groups excluding carboxylic acids is 1. The number of rotatable bonds is 5. The second kappa shape index (κ2) is 6.09. The van der Waals surface area contributed by atoms with E-state index >= 15 is 0 Å². The van der Waals surface area contributed by atoms with Crippen LogP contribution < -0.4 is 5.32 Å². The first-order valence-electron chi connectivity index (χ1n) is 6.46. The normalized spacial score (nSPS) is 11.3. The smallest absolute Gasteiger partial charge is 0.225 e. The molecule has 7 heteroatoms. The van der Waals surface area contributed by atoms with E-state index in [9.17, 15) is 13.2 Å². The van der Waals surface area contributed by atoms with Gasteiger partial charge in [-0.1, -0.05) is 18.2 Å². The Kier molecular flexibility index (Phi) is 4.42. The van der Waals surface area contributed by atoms with Crippen LogP contribution in [0.15, 0.2) is 41.4 Å². The van der Waals surface area contributed by atoms with Gasteiger partial charge in [-0.05, 0) is 19.1 Å². The van der Waals surface area contributed by atoms with Gasteiger partial charge in [0.25, 0.3) is 0 Å². The van der Waals surface area contributed by atoms with Crippen molar-refractivity contribution in [1.82, 2.24) is 9.78 Å². The van der Waals surface area contributed by atoms with E-state index in [0.29, 0.717) is 11.4 Å². The Morgan fingerprint density at radius 2 is 1.95 bits per heavy atom. The quantitative estimate of drug-likeness (QED) is 0.908. The topological polar surface area (TPSA) is 81.1 Å². The minimum Gasteiger partial charge on any atom is -0.323 e. The number of nitrogens with zero attached hydrogens (tertiary/aromatic N) is 2. The maximum atomic E-state index is 12.1. The fourth-order valence-electron chi connectivity index (χ4n) is 1.91. The van der Waals surface area contributed by atoms with E-state index in [0.717, 1.165) is 0 Å². The lowest BCUT2D eigenvalue weighted by atomic mass is 10.3. The molecule has 0 aliphatic carbocycles. The molecule has 0 aliphatic heterocycles. The van der Waals surface area contributed by atoms with Crippen LogP contribution in [0.2, 0.25) is 0 Å². The molecule has 0 saturated carbocycles. The maximum Gasteiger partial charge on any atom is 0.225 e. The number of hydrogen-bond acceptors (Lipinski definition) is 4. The molecule has 0 unspecified atom stereocenters. The minimum absolute atomic E-state index is 0.0917. The van der Waals surface area contributed by atoms with E-state index in [4.69, 9.17) is 0 Å². The van der Waals surface area contributed by atoms with Crippen molar-refractivity contribution in [2.45, 2.75) is 18.2 Å². The second-order valence-corrected chi connectivity index (χ2v) is 6.84. The van der Waals surface area contributed by atoms with Crippen molar-refractivity contribution < 1.29 is 13.2 Å². The van der Waals surface area contributed by atoms with E-state index < -0.39 is 9.84 Å². The van der Waals surface area contributed by atoms with Crippen LogP contribution in [0.3, 0.4) is 0 Å². The first kappa shape index (κ1) is 15.2. The summed E-state index contributed by atoms with van der Waals surface area (Å²) in [6, 6.07) is 8.12. The van der Waals surface area contributed by atoms with Crippen LogP contribution in [-0.4, -0.2) is 29.9 Å². The third kappa shape index (κ3) is 3.91. The van der Waals surface area contributed by atoms with Gasteiger partial charge in [0.15, 0.2) is 9.84 Å². The molecule has 0 fully saturated rings. The number of aromatic nitrogens is 2. The number of benzene rings is 1. The van der Waals surface area contributed by atoms with Gasteiger partial charge in [-0.15, -0.1) is 0 Å². The van der Waals surface area contributed by atoms with Crippen molar-refractivity contribution >= 4 is 21.4 Å². The molecule has 0 bridgehead atoms. The summed E-state index contributed by atoms with van der Waals surface area (Å²) in [7, 11) is -1.68. The number of amides is 1. The molecular formula is C14H17N3O3S. The van der Waals surface area contributed by atoms with Crippen molar-refractivity contribution in [1.29, 1.82) is 0 Å². The van der Waals surface area contributed by atoms with Crippen molar-refractivity contribution in [3.05, 3.63) is 42.2 Å². The van der Waals surface area contributed by atoms with E-state index in [1.807, 2.05) is 0 Å². The van der Waals surface area contributed by atoms with Crippen molar-refractivity contribution in [3.8, 4) is 0 Å². The molecular weight excluding hydrogens is 290 g/mol. The largest absolute Gasteiger partial charge is 0.323 e. The molecule has 21 heavy (non-hydrogen) atoms. The lowest BCUT2D eigenvalue weighted by Gasteiger charge is -2.05. The van der Waals surface area contributed by atoms with Crippen LogP contribution in [0, 0.1) is 6.92 Å². The second-order valence-electron chi connectivity index (χ2n) is 4.73. The molecule has 2 rings (SSSR count). The van der Waals surface area contributed by atoms with Crippen molar-refractivity contribution in [2.24, 2.45) is 7.05 Å². The predicted octanol–water partition coefficient (Wildman–Crippen LogP) is 1.53. The molecule has 0 aliphatic rings. The number of nitrogens with one attached hydrogen (secondary N) is 1. The molecule has 1 heterocycles. The Bertz CT molecular complexity index is 736. The van der Waals surface area contributed by atoms with Gasteiger partial charge < -0.3 is 5.32 Å². The van der Waals surface area contributed by atoms with Gasteiger partial charge in [0, 0.05) is 19.7 Å².